The van der Waals surface area contributed by atoms with E-state index in [2.05, 4.69) is 15.3 Å². The van der Waals surface area contributed by atoms with Crippen molar-refractivity contribution in [2.75, 3.05) is 12.4 Å². The molecule has 100 valence electrons. The maximum Gasteiger partial charge on any atom is 0.293 e. The Morgan fingerprint density at radius 2 is 2.32 bits per heavy atom. The molecule has 0 aliphatic rings. The van der Waals surface area contributed by atoms with Gasteiger partial charge in [-0.15, -0.1) is 0 Å². The Balaban J connectivity index is 2.16. The van der Waals surface area contributed by atoms with E-state index in [0.29, 0.717) is 5.76 Å². The number of hydrogen-bond donors (Lipinski definition) is 2. The molecule has 0 bridgehead atoms. The van der Waals surface area contributed by atoms with Crippen LogP contribution in [-0.4, -0.2) is 23.0 Å². The number of furan rings is 1. The van der Waals surface area contributed by atoms with Crippen LogP contribution >= 0.6 is 11.6 Å². The SMILES string of the molecule is COc1cc(Cl)nc(NC(=O)c2ccc(CN)o2)n1. The van der Waals surface area contributed by atoms with Crippen molar-refractivity contribution in [1.29, 1.82) is 0 Å². The lowest BCUT2D eigenvalue weighted by atomic mass is 10.4. The van der Waals surface area contributed by atoms with Crippen LogP contribution in [0.15, 0.2) is 22.6 Å². The van der Waals surface area contributed by atoms with Gasteiger partial charge in [0.05, 0.1) is 13.7 Å². The summed E-state index contributed by atoms with van der Waals surface area (Å²) in [5, 5.41) is 2.61. The van der Waals surface area contributed by atoms with Gasteiger partial charge in [0.25, 0.3) is 5.91 Å². The summed E-state index contributed by atoms with van der Waals surface area (Å²) in [5.74, 6) is 0.402. The number of nitrogens with one attached hydrogen (secondary N) is 1. The van der Waals surface area contributed by atoms with Crippen molar-refractivity contribution in [1.82, 2.24) is 9.97 Å². The highest BCUT2D eigenvalue weighted by Crippen LogP contribution is 2.16. The number of anilines is 1. The Bertz CT molecular complexity index is 599. The molecule has 2 aromatic rings. The number of nitrogens with two attached hydrogens (primary N) is 1. The number of methoxy groups -OCH3 is 1. The van der Waals surface area contributed by atoms with Gasteiger partial charge in [0, 0.05) is 6.07 Å². The van der Waals surface area contributed by atoms with Gasteiger partial charge in [-0.25, -0.2) is 4.98 Å². The number of ether oxygens (including phenoxy) is 1. The standard InChI is InChI=1S/C11H11ClN4O3/c1-18-9-4-8(12)14-11(15-9)16-10(17)7-3-2-6(5-13)19-7/h2-4H,5,13H2,1H3,(H,14,15,16,17). The van der Waals surface area contributed by atoms with E-state index >= 15 is 0 Å². The molecule has 8 heteroatoms. The Kier molecular flexibility index (Phi) is 3.98. The van der Waals surface area contributed by atoms with E-state index in [9.17, 15) is 4.79 Å². The zero-order valence-corrected chi connectivity index (χ0v) is 10.8. The first-order chi connectivity index (χ1) is 9.12. The molecular weight excluding hydrogens is 272 g/mol. The fourth-order valence-corrected chi connectivity index (χ4v) is 1.50. The smallest absolute Gasteiger partial charge is 0.293 e. The number of carbonyl (C=O) groups excluding carboxylic acids is 1. The number of halogens is 1. The highest BCUT2D eigenvalue weighted by atomic mass is 35.5. The van der Waals surface area contributed by atoms with E-state index in [1.807, 2.05) is 0 Å². The van der Waals surface area contributed by atoms with E-state index in [4.69, 9.17) is 26.5 Å². The van der Waals surface area contributed by atoms with Crippen molar-refractivity contribution < 1.29 is 13.9 Å². The van der Waals surface area contributed by atoms with Crippen molar-refractivity contribution in [3.05, 3.63) is 34.9 Å². The van der Waals surface area contributed by atoms with E-state index in [-0.39, 0.29) is 29.3 Å². The lowest BCUT2D eigenvalue weighted by Crippen LogP contribution is -2.13. The van der Waals surface area contributed by atoms with E-state index in [0.717, 1.165) is 0 Å². The molecule has 3 N–H and O–H groups in total. The third-order valence-corrected chi connectivity index (χ3v) is 2.39. The van der Waals surface area contributed by atoms with Crippen LogP contribution in [0.1, 0.15) is 16.3 Å². The van der Waals surface area contributed by atoms with Gasteiger partial charge in [-0.2, -0.15) is 4.98 Å². The summed E-state index contributed by atoms with van der Waals surface area (Å²) < 4.78 is 10.1. The molecule has 0 saturated heterocycles. The first-order valence-corrected chi connectivity index (χ1v) is 5.69. The topological polar surface area (TPSA) is 103 Å². The average molecular weight is 283 g/mol. The molecule has 2 heterocycles. The lowest BCUT2D eigenvalue weighted by Gasteiger charge is -2.04. The minimum atomic E-state index is -0.496. The molecule has 0 aromatic carbocycles. The van der Waals surface area contributed by atoms with Crippen LogP contribution in [0.4, 0.5) is 5.95 Å². The zero-order chi connectivity index (χ0) is 13.8. The van der Waals surface area contributed by atoms with Crippen LogP contribution in [0.25, 0.3) is 0 Å². The number of carbonyl (C=O) groups is 1. The van der Waals surface area contributed by atoms with Crippen LogP contribution in [-0.2, 0) is 6.54 Å². The molecule has 0 atom stereocenters. The molecule has 2 rings (SSSR count). The summed E-state index contributed by atoms with van der Waals surface area (Å²) >= 11 is 5.76. The van der Waals surface area contributed by atoms with Crippen molar-refractivity contribution in [2.45, 2.75) is 6.54 Å². The van der Waals surface area contributed by atoms with Gasteiger partial charge in [-0.1, -0.05) is 11.6 Å². The van der Waals surface area contributed by atoms with Crippen LogP contribution in [0.2, 0.25) is 5.15 Å². The van der Waals surface area contributed by atoms with Gasteiger partial charge in [0.1, 0.15) is 10.9 Å². The van der Waals surface area contributed by atoms with E-state index in [1.165, 1.54) is 19.2 Å². The van der Waals surface area contributed by atoms with Gasteiger partial charge < -0.3 is 14.9 Å². The molecule has 0 unspecified atom stereocenters. The van der Waals surface area contributed by atoms with Gasteiger partial charge in [0.15, 0.2) is 5.76 Å². The Hall–Kier alpha value is -2.12. The van der Waals surface area contributed by atoms with Gasteiger partial charge >= 0.3 is 0 Å². The number of nitrogens with zero attached hydrogens (tertiary/aromatic N) is 2. The van der Waals surface area contributed by atoms with Gasteiger partial charge in [0.2, 0.25) is 11.8 Å². The maximum absolute atomic E-state index is 11.8. The summed E-state index contributed by atoms with van der Waals surface area (Å²) in [6, 6.07) is 4.56. The molecule has 0 spiro atoms. The summed E-state index contributed by atoms with van der Waals surface area (Å²) in [6.07, 6.45) is 0. The van der Waals surface area contributed by atoms with Crippen LogP contribution in [0.3, 0.4) is 0 Å². The van der Waals surface area contributed by atoms with Crippen LogP contribution in [0.5, 0.6) is 5.88 Å². The molecule has 2 aromatic heterocycles. The summed E-state index contributed by atoms with van der Waals surface area (Å²) in [6.45, 7) is 0.217. The number of hydrogen-bond acceptors (Lipinski definition) is 6. The van der Waals surface area contributed by atoms with Crippen molar-refractivity contribution in [3.63, 3.8) is 0 Å². The van der Waals surface area contributed by atoms with E-state index in [1.54, 1.807) is 6.07 Å². The predicted octanol–water partition coefficient (Wildman–Crippen LogP) is 1.44. The Morgan fingerprint density at radius 3 is 2.95 bits per heavy atom. The van der Waals surface area contributed by atoms with Crippen molar-refractivity contribution >= 4 is 23.5 Å². The normalized spacial score (nSPS) is 10.3. The van der Waals surface area contributed by atoms with Gasteiger partial charge in [-0.3, -0.25) is 10.1 Å². The van der Waals surface area contributed by atoms with E-state index < -0.39 is 5.91 Å². The maximum atomic E-state index is 11.8. The average Bonchev–Trinajstić information content (AvgIpc) is 2.86. The van der Waals surface area contributed by atoms with Crippen molar-refractivity contribution in [3.8, 4) is 5.88 Å². The van der Waals surface area contributed by atoms with Gasteiger partial charge in [-0.05, 0) is 12.1 Å². The quantitative estimate of drug-likeness (QED) is 0.823. The number of rotatable bonds is 4. The summed E-state index contributed by atoms with van der Waals surface area (Å²) in [5.41, 5.74) is 5.39. The molecule has 19 heavy (non-hydrogen) atoms. The third-order valence-electron chi connectivity index (χ3n) is 2.19. The fraction of sp³-hybridized carbons (Fsp3) is 0.182. The second-order valence-electron chi connectivity index (χ2n) is 3.48. The monoisotopic (exact) mass is 282 g/mol. The first-order valence-electron chi connectivity index (χ1n) is 5.31. The number of amides is 1. The molecule has 1 amide bonds. The predicted molar refractivity (Wildman–Crippen MR) is 68.1 cm³/mol. The molecule has 0 fully saturated rings. The minimum absolute atomic E-state index is 0.0278. The molecular formula is C11H11ClN4O3. The van der Waals surface area contributed by atoms with Crippen LogP contribution in [0, 0.1) is 0 Å². The molecule has 0 aliphatic heterocycles. The molecule has 0 saturated carbocycles. The second kappa shape index (κ2) is 5.68. The second-order valence-corrected chi connectivity index (χ2v) is 3.87. The highest BCUT2D eigenvalue weighted by molar-refractivity contribution is 6.29. The molecule has 7 nitrogen and oxygen atoms in total. The van der Waals surface area contributed by atoms with Crippen molar-refractivity contribution in [2.24, 2.45) is 5.73 Å². The summed E-state index contributed by atoms with van der Waals surface area (Å²) in [7, 11) is 1.43. The largest absolute Gasteiger partial charge is 0.481 e. The lowest BCUT2D eigenvalue weighted by molar-refractivity contribution is 0.0994. The zero-order valence-electron chi connectivity index (χ0n) is 10.0. The molecule has 0 aliphatic carbocycles. The fourth-order valence-electron chi connectivity index (χ4n) is 1.33. The molecule has 0 radical (unpaired) electrons. The third kappa shape index (κ3) is 3.21. The Morgan fingerprint density at radius 1 is 1.53 bits per heavy atom. The Labute approximate surface area is 113 Å². The minimum Gasteiger partial charge on any atom is -0.481 e. The highest BCUT2D eigenvalue weighted by Gasteiger charge is 2.13. The van der Waals surface area contributed by atoms with Crippen LogP contribution < -0.4 is 15.8 Å². The number of aromatic nitrogens is 2. The first kappa shape index (κ1) is 13.3. The summed E-state index contributed by atoms with van der Waals surface area (Å²) in [4.78, 5) is 19.6.